The van der Waals surface area contributed by atoms with E-state index in [0.717, 1.165) is 12.8 Å². The van der Waals surface area contributed by atoms with Gasteiger partial charge in [-0.3, -0.25) is 10.3 Å². The molecule has 3 N–H and O–H groups in total. The molecule has 19 heavy (non-hydrogen) atoms. The number of benzene rings is 1. The number of para-hydroxylation sites is 1. The normalized spacial score (nSPS) is 15.2. The zero-order valence-electron chi connectivity index (χ0n) is 10.00. The number of nitrogens with one attached hydrogen (secondary N) is 2. The van der Waals surface area contributed by atoms with Crippen LogP contribution in [-0.2, 0) is 19.7 Å². The number of aliphatic carboxylic acids is 1. The van der Waals surface area contributed by atoms with Crippen LogP contribution >= 0.6 is 0 Å². The molecule has 7 nitrogen and oxygen atoms in total. The van der Waals surface area contributed by atoms with Gasteiger partial charge in [0.25, 0.3) is 0 Å². The van der Waals surface area contributed by atoms with Crippen LogP contribution in [0.1, 0.15) is 12.8 Å². The topological polar surface area (TPSA) is 105 Å². The van der Waals surface area contributed by atoms with Crippen molar-refractivity contribution in [1.29, 1.82) is 0 Å². The third-order valence-electron chi connectivity index (χ3n) is 2.45. The van der Waals surface area contributed by atoms with Crippen molar-refractivity contribution in [3.05, 3.63) is 24.3 Å². The minimum atomic E-state index is -3.62. The zero-order valence-corrected chi connectivity index (χ0v) is 10.8. The molecule has 0 aliphatic heterocycles. The molecular formula is C11H14N2O5S. The molecule has 1 aromatic carbocycles. The van der Waals surface area contributed by atoms with Gasteiger partial charge in [-0.25, -0.2) is 17.9 Å². The van der Waals surface area contributed by atoms with E-state index < -0.39 is 22.6 Å². The molecular weight excluding hydrogens is 272 g/mol. The predicted molar refractivity (Wildman–Crippen MR) is 67.0 cm³/mol. The number of carboxylic acids is 1. The van der Waals surface area contributed by atoms with E-state index >= 15 is 0 Å². The van der Waals surface area contributed by atoms with Crippen molar-refractivity contribution in [3.63, 3.8) is 0 Å². The lowest BCUT2D eigenvalue weighted by Gasteiger charge is -2.12. The minimum Gasteiger partial charge on any atom is -0.479 e. The summed E-state index contributed by atoms with van der Waals surface area (Å²) in [5, 5.41) is 8.45. The van der Waals surface area contributed by atoms with Crippen LogP contribution in [0.5, 0.6) is 0 Å². The Kier molecular flexibility index (Phi) is 4.03. The monoisotopic (exact) mass is 286 g/mol. The van der Waals surface area contributed by atoms with Crippen molar-refractivity contribution < 1.29 is 23.2 Å². The highest BCUT2D eigenvalue weighted by molar-refractivity contribution is 7.89. The van der Waals surface area contributed by atoms with E-state index in [1.54, 1.807) is 12.1 Å². The molecule has 0 aromatic heterocycles. The highest BCUT2D eigenvalue weighted by Crippen LogP contribution is 2.25. The van der Waals surface area contributed by atoms with Gasteiger partial charge in [0, 0.05) is 6.04 Å². The summed E-state index contributed by atoms with van der Waals surface area (Å²) in [4.78, 5) is 15.1. The van der Waals surface area contributed by atoms with Gasteiger partial charge in [0.1, 0.15) is 4.90 Å². The summed E-state index contributed by atoms with van der Waals surface area (Å²) in [7, 11) is -3.62. The number of carboxylic acid groups (broad SMARTS) is 1. The minimum absolute atomic E-state index is 0.00186. The van der Waals surface area contributed by atoms with Gasteiger partial charge in [-0.1, -0.05) is 12.1 Å². The van der Waals surface area contributed by atoms with E-state index in [4.69, 9.17) is 9.94 Å². The molecule has 0 saturated heterocycles. The molecule has 104 valence electrons. The Labute approximate surface area is 110 Å². The van der Waals surface area contributed by atoms with E-state index in [9.17, 15) is 13.2 Å². The van der Waals surface area contributed by atoms with Crippen LogP contribution in [0.15, 0.2) is 29.2 Å². The second-order valence-corrected chi connectivity index (χ2v) is 5.86. The maximum absolute atomic E-state index is 12.1. The third kappa shape index (κ3) is 3.91. The molecule has 0 amide bonds. The molecule has 1 fully saturated rings. The second kappa shape index (κ2) is 5.55. The maximum Gasteiger partial charge on any atom is 0.332 e. The third-order valence-corrected chi connectivity index (χ3v) is 4.03. The first kappa shape index (κ1) is 13.8. The van der Waals surface area contributed by atoms with Crippen molar-refractivity contribution in [2.45, 2.75) is 23.8 Å². The number of carbonyl (C=O) groups is 1. The van der Waals surface area contributed by atoms with Crippen LogP contribution in [0.2, 0.25) is 0 Å². The fourth-order valence-corrected chi connectivity index (χ4v) is 2.90. The molecule has 1 aromatic rings. The van der Waals surface area contributed by atoms with Gasteiger partial charge in [-0.15, -0.1) is 0 Å². The number of rotatable bonds is 7. The first-order valence-electron chi connectivity index (χ1n) is 5.70. The molecule has 0 heterocycles. The van der Waals surface area contributed by atoms with E-state index in [2.05, 4.69) is 10.2 Å². The van der Waals surface area contributed by atoms with Crippen LogP contribution in [0, 0.1) is 0 Å². The van der Waals surface area contributed by atoms with Gasteiger partial charge < -0.3 is 5.11 Å². The lowest BCUT2D eigenvalue weighted by atomic mass is 10.3. The van der Waals surface area contributed by atoms with E-state index in [1.807, 2.05) is 0 Å². The summed E-state index contributed by atoms with van der Waals surface area (Å²) in [5.41, 5.74) is 2.55. The van der Waals surface area contributed by atoms with Crippen LogP contribution in [0.25, 0.3) is 0 Å². The SMILES string of the molecule is O=C(O)CONc1ccccc1S(=O)(=O)NC1CC1. The zero-order chi connectivity index (χ0) is 13.9. The van der Waals surface area contributed by atoms with Crippen molar-refractivity contribution >= 4 is 21.7 Å². The number of hydrogen-bond acceptors (Lipinski definition) is 5. The van der Waals surface area contributed by atoms with E-state index in [-0.39, 0.29) is 16.6 Å². The predicted octanol–water partition coefficient (Wildman–Crippen LogP) is 0.555. The van der Waals surface area contributed by atoms with Gasteiger partial charge in [0.05, 0.1) is 5.69 Å². The first-order chi connectivity index (χ1) is 8.99. The highest BCUT2D eigenvalue weighted by atomic mass is 32.2. The molecule has 1 saturated carbocycles. The lowest BCUT2D eigenvalue weighted by molar-refractivity contribution is -0.141. The Balaban J connectivity index is 2.12. The lowest BCUT2D eigenvalue weighted by Crippen LogP contribution is -2.26. The Morgan fingerprint density at radius 2 is 2.05 bits per heavy atom. The molecule has 0 bridgehead atoms. The average molecular weight is 286 g/mol. The Morgan fingerprint density at radius 3 is 2.68 bits per heavy atom. The molecule has 0 radical (unpaired) electrons. The van der Waals surface area contributed by atoms with Crippen molar-refractivity contribution in [2.75, 3.05) is 12.1 Å². The van der Waals surface area contributed by atoms with Crippen molar-refractivity contribution in [1.82, 2.24) is 4.72 Å². The number of sulfonamides is 1. The van der Waals surface area contributed by atoms with Crippen molar-refractivity contribution in [3.8, 4) is 0 Å². The average Bonchev–Trinajstić information content (AvgIpc) is 3.12. The largest absolute Gasteiger partial charge is 0.479 e. The second-order valence-electron chi connectivity index (χ2n) is 4.18. The summed E-state index contributed by atoms with van der Waals surface area (Å²) in [5.74, 6) is -1.15. The molecule has 8 heteroatoms. The molecule has 0 spiro atoms. The van der Waals surface area contributed by atoms with Crippen LogP contribution in [0.3, 0.4) is 0 Å². The van der Waals surface area contributed by atoms with Crippen LogP contribution in [0.4, 0.5) is 5.69 Å². The van der Waals surface area contributed by atoms with Gasteiger partial charge >= 0.3 is 5.97 Å². The smallest absolute Gasteiger partial charge is 0.332 e. The fourth-order valence-electron chi connectivity index (χ4n) is 1.44. The first-order valence-corrected chi connectivity index (χ1v) is 7.18. The Morgan fingerprint density at radius 1 is 1.37 bits per heavy atom. The molecule has 1 aliphatic rings. The highest BCUT2D eigenvalue weighted by Gasteiger charge is 2.29. The summed E-state index contributed by atoms with van der Waals surface area (Å²) in [6, 6.07) is 6.14. The van der Waals surface area contributed by atoms with Gasteiger partial charge in [-0.05, 0) is 25.0 Å². The van der Waals surface area contributed by atoms with Gasteiger partial charge in [0.15, 0.2) is 6.61 Å². The summed E-state index contributed by atoms with van der Waals surface area (Å²) < 4.78 is 26.7. The maximum atomic E-state index is 12.1. The Bertz CT molecular complexity index is 568. The fraction of sp³-hybridized carbons (Fsp3) is 0.364. The quantitative estimate of drug-likeness (QED) is 0.632. The Hall–Kier alpha value is -1.64. The van der Waals surface area contributed by atoms with E-state index in [0.29, 0.717) is 0 Å². The molecule has 1 aliphatic carbocycles. The van der Waals surface area contributed by atoms with E-state index in [1.165, 1.54) is 12.1 Å². The van der Waals surface area contributed by atoms with Gasteiger partial charge in [-0.2, -0.15) is 0 Å². The molecule has 0 atom stereocenters. The standard InChI is InChI=1S/C11H14N2O5S/c14-11(15)7-18-12-9-3-1-2-4-10(9)19(16,17)13-8-5-6-8/h1-4,8,12-13H,5-7H2,(H,14,15). The number of hydrogen-bond donors (Lipinski definition) is 3. The number of anilines is 1. The summed E-state index contributed by atoms with van der Waals surface area (Å²) in [6.07, 6.45) is 1.68. The summed E-state index contributed by atoms with van der Waals surface area (Å²) >= 11 is 0. The van der Waals surface area contributed by atoms with Crippen LogP contribution in [-0.4, -0.2) is 32.1 Å². The molecule has 0 unspecified atom stereocenters. The summed E-state index contributed by atoms with van der Waals surface area (Å²) in [6.45, 7) is -0.565. The van der Waals surface area contributed by atoms with Crippen molar-refractivity contribution in [2.24, 2.45) is 0 Å². The van der Waals surface area contributed by atoms with Gasteiger partial charge in [0.2, 0.25) is 10.0 Å². The molecule has 2 rings (SSSR count). The van der Waals surface area contributed by atoms with Crippen LogP contribution < -0.4 is 10.2 Å².